The molecular formula is C24H34N4O2+2. The van der Waals surface area contributed by atoms with Crippen LogP contribution in [0.5, 0.6) is 0 Å². The summed E-state index contributed by atoms with van der Waals surface area (Å²) in [5, 5.41) is 6.17. The lowest BCUT2D eigenvalue weighted by Gasteiger charge is -2.29. The van der Waals surface area contributed by atoms with E-state index in [-0.39, 0.29) is 17.9 Å². The molecule has 0 unspecified atom stereocenters. The fourth-order valence-corrected chi connectivity index (χ4v) is 4.08. The normalized spacial score (nSPS) is 19.7. The molecule has 1 aliphatic heterocycles. The van der Waals surface area contributed by atoms with Crippen molar-refractivity contribution >= 4 is 17.5 Å². The molecule has 0 aliphatic carbocycles. The van der Waals surface area contributed by atoms with E-state index < -0.39 is 0 Å². The SMILES string of the molecule is Cc1cccc(C)c1NC(=O)C[NH+]1CC[NH+](CC(=O)N[C@H](C)c2ccccc2)CC1. The predicted molar refractivity (Wildman–Crippen MR) is 119 cm³/mol. The number of hydrogen-bond acceptors (Lipinski definition) is 2. The van der Waals surface area contributed by atoms with Gasteiger partial charge in [-0.3, -0.25) is 9.59 Å². The number of nitrogens with one attached hydrogen (secondary N) is 4. The molecule has 0 aromatic heterocycles. The maximum Gasteiger partial charge on any atom is 0.279 e. The number of benzene rings is 2. The first-order valence-electron chi connectivity index (χ1n) is 10.8. The average Bonchev–Trinajstić information content (AvgIpc) is 2.73. The smallest absolute Gasteiger partial charge is 0.279 e. The van der Waals surface area contributed by atoms with Crippen molar-refractivity contribution in [2.24, 2.45) is 0 Å². The molecule has 4 N–H and O–H groups in total. The summed E-state index contributed by atoms with van der Waals surface area (Å²) in [5.41, 5.74) is 4.21. The highest BCUT2D eigenvalue weighted by atomic mass is 16.2. The standard InChI is InChI=1S/C24H32N4O2/c1-18-8-7-9-19(2)24(18)26-23(30)17-28-14-12-27(13-15-28)16-22(29)25-20(3)21-10-5-4-6-11-21/h4-11,20H,12-17H2,1-3H3,(H,25,29)(H,26,30)/p+2/t20-/m1/s1. The molecule has 6 nitrogen and oxygen atoms in total. The average molecular weight is 411 g/mol. The maximum atomic E-state index is 12.5. The molecule has 30 heavy (non-hydrogen) atoms. The Balaban J connectivity index is 1.40. The Kier molecular flexibility index (Phi) is 7.60. The monoisotopic (exact) mass is 410 g/mol. The van der Waals surface area contributed by atoms with Crippen molar-refractivity contribution in [1.82, 2.24) is 5.32 Å². The van der Waals surface area contributed by atoms with Gasteiger partial charge in [-0.05, 0) is 37.5 Å². The lowest BCUT2D eigenvalue weighted by atomic mass is 10.1. The molecule has 2 amide bonds. The van der Waals surface area contributed by atoms with Gasteiger partial charge in [0.2, 0.25) is 0 Å². The third-order valence-corrected chi connectivity index (χ3v) is 5.91. The predicted octanol–water partition coefficient (Wildman–Crippen LogP) is -0.0973. The maximum absolute atomic E-state index is 12.5. The first-order chi connectivity index (χ1) is 14.4. The molecule has 160 valence electrons. The Morgan fingerprint density at radius 2 is 1.37 bits per heavy atom. The molecule has 1 fully saturated rings. The van der Waals surface area contributed by atoms with Gasteiger partial charge < -0.3 is 20.4 Å². The highest BCUT2D eigenvalue weighted by Gasteiger charge is 2.27. The van der Waals surface area contributed by atoms with Gasteiger partial charge >= 0.3 is 0 Å². The van der Waals surface area contributed by atoms with Gasteiger partial charge in [0, 0.05) is 5.69 Å². The summed E-state index contributed by atoms with van der Waals surface area (Å²) in [7, 11) is 0. The minimum absolute atomic E-state index is 0.0126. The van der Waals surface area contributed by atoms with E-state index in [4.69, 9.17) is 0 Å². The molecule has 6 heteroatoms. The molecular weight excluding hydrogens is 376 g/mol. The number of carbonyl (C=O) groups is 2. The Bertz CT molecular complexity index is 841. The highest BCUT2D eigenvalue weighted by Crippen LogP contribution is 2.18. The molecule has 2 aromatic rings. The van der Waals surface area contributed by atoms with Crippen molar-refractivity contribution in [2.45, 2.75) is 26.8 Å². The zero-order valence-electron chi connectivity index (χ0n) is 18.3. The van der Waals surface area contributed by atoms with Crippen LogP contribution in [0.25, 0.3) is 0 Å². The molecule has 1 saturated heterocycles. The number of amides is 2. The van der Waals surface area contributed by atoms with E-state index >= 15 is 0 Å². The van der Waals surface area contributed by atoms with Crippen LogP contribution < -0.4 is 20.4 Å². The second-order valence-electron chi connectivity index (χ2n) is 8.37. The van der Waals surface area contributed by atoms with Gasteiger partial charge in [-0.2, -0.15) is 0 Å². The van der Waals surface area contributed by atoms with Crippen LogP contribution in [0.1, 0.15) is 29.7 Å². The first kappa shape index (κ1) is 22.0. The van der Waals surface area contributed by atoms with E-state index in [1.54, 1.807) is 0 Å². The summed E-state index contributed by atoms with van der Waals surface area (Å²) in [6.07, 6.45) is 0. The molecule has 2 aromatic carbocycles. The summed E-state index contributed by atoms with van der Waals surface area (Å²) in [4.78, 5) is 27.5. The molecule has 0 radical (unpaired) electrons. The fourth-order valence-electron chi connectivity index (χ4n) is 4.08. The number of aryl methyl sites for hydroxylation is 2. The highest BCUT2D eigenvalue weighted by molar-refractivity contribution is 5.93. The minimum Gasteiger partial charge on any atom is -0.345 e. The van der Waals surface area contributed by atoms with Gasteiger partial charge in [-0.15, -0.1) is 0 Å². The van der Waals surface area contributed by atoms with E-state index in [2.05, 4.69) is 10.6 Å². The van der Waals surface area contributed by atoms with Gasteiger partial charge in [-0.1, -0.05) is 48.5 Å². The number of anilines is 1. The minimum atomic E-state index is 0.0126. The van der Waals surface area contributed by atoms with Crippen LogP contribution in [0.3, 0.4) is 0 Å². The largest absolute Gasteiger partial charge is 0.345 e. The second kappa shape index (κ2) is 10.4. The van der Waals surface area contributed by atoms with Gasteiger partial charge in [0.15, 0.2) is 13.1 Å². The molecule has 1 atom stereocenters. The summed E-state index contributed by atoms with van der Waals surface area (Å²) in [5.74, 6) is 0.137. The van der Waals surface area contributed by atoms with Crippen molar-refractivity contribution in [3.63, 3.8) is 0 Å². The van der Waals surface area contributed by atoms with Gasteiger partial charge in [0.1, 0.15) is 26.2 Å². The number of piperazine rings is 1. The number of hydrogen-bond donors (Lipinski definition) is 4. The van der Waals surface area contributed by atoms with Gasteiger partial charge in [0.05, 0.1) is 6.04 Å². The number of rotatable bonds is 7. The van der Waals surface area contributed by atoms with Gasteiger partial charge in [0.25, 0.3) is 11.8 Å². The number of carbonyl (C=O) groups excluding carboxylic acids is 2. The van der Waals surface area contributed by atoms with Crippen molar-refractivity contribution in [3.8, 4) is 0 Å². The van der Waals surface area contributed by atoms with Crippen LogP contribution in [-0.4, -0.2) is 51.1 Å². The van der Waals surface area contributed by atoms with E-state index in [0.29, 0.717) is 13.1 Å². The summed E-state index contributed by atoms with van der Waals surface area (Å²) in [6.45, 7) is 10.6. The fraction of sp³-hybridized carbons (Fsp3) is 0.417. The van der Waals surface area contributed by atoms with Crippen LogP contribution in [-0.2, 0) is 9.59 Å². The zero-order chi connectivity index (χ0) is 21.5. The Morgan fingerprint density at radius 3 is 1.93 bits per heavy atom. The zero-order valence-corrected chi connectivity index (χ0v) is 18.3. The van der Waals surface area contributed by atoms with Gasteiger partial charge in [-0.25, -0.2) is 0 Å². The van der Waals surface area contributed by atoms with Crippen LogP contribution in [0.15, 0.2) is 48.5 Å². The lowest BCUT2D eigenvalue weighted by Crippen LogP contribution is -3.28. The van der Waals surface area contributed by atoms with Crippen molar-refractivity contribution in [3.05, 3.63) is 65.2 Å². The van der Waals surface area contributed by atoms with Crippen LogP contribution in [0, 0.1) is 13.8 Å². The molecule has 0 saturated carbocycles. The Morgan fingerprint density at radius 1 is 0.833 bits per heavy atom. The van der Waals surface area contributed by atoms with E-state index in [1.165, 1.54) is 9.80 Å². The van der Waals surface area contributed by atoms with E-state index in [0.717, 1.165) is 48.6 Å². The summed E-state index contributed by atoms with van der Waals surface area (Å²) in [6, 6.07) is 16.1. The third-order valence-electron chi connectivity index (χ3n) is 5.91. The van der Waals surface area contributed by atoms with Crippen LogP contribution >= 0.6 is 0 Å². The topological polar surface area (TPSA) is 67.1 Å². The lowest BCUT2D eigenvalue weighted by molar-refractivity contribution is -1.00. The summed E-state index contributed by atoms with van der Waals surface area (Å²) < 4.78 is 0. The molecule has 0 bridgehead atoms. The van der Waals surface area contributed by atoms with E-state index in [1.807, 2.05) is 69.3 Å². The first-order valence-corrected chi connectivity index (χ1v) is 10.8. The van der Waals surface area contributed by atoms with Crippen molar-refractivity contribution < 1.29 is 19.4 Å². The Hall–Kier alpha value is -2.70. The van der Waals surface area contributed by atoms with Crippen LogP contribution in [0.2, 0.25) is 0 Å². The van der Waals surface area contributed by atoms with Crippen molar-refractivity contribution in [1.29, 1.82) is 0 Å². The van der Waals surface area contributed by atoms with Crippen LogP contribution in [0.4, 0.5) is 5.69 Å². The van der Waals surface area contributed by atoms with Crippen molar-refractivity contribution in [2.75, 3.05) is 44.6 Å². The summed E-state index contributed by atoms with van der Waals surface area (Å²) >= 11 is 0. The third kappa shape index (κ3) is 6.15. The Labute approximate surface area is 179 Å². The second-order valence-corrected chi connectivity index (χ2v) is 8.37. The molecule has 3 rings (SSSR count). The molecule has 1 aliphatic rings. The quantitative estimate of drug-likeness (QED) is 0.515. The van der Waals surface area contributed by atoms with E-state index in [9.17, 15) is 9.59 Å². The molecule has 0 spiro atoms. The number of para-hydroxylation sites is 1. The molecule has 1 heterocycles. The number of quaternary nitrogens is 2.